The topological polar surface area (TPSA) is 64.6 Å². The van der Waals surface area contributed by atoms with Crippen molar-refractivity contribution in [2.24, 2.45) is 0 Å². The van der Waals surface area contributed by atoms with Crippen molar-refractivity contribution in [2.75, 3.05) is 6.54 Å². The number of halogens is 2. The molecule has 0 bridgehead atoms. The van der Waals surface area contributed by atoms with Gasteiger partial charge in [0.15, 0.2) is 0 Å². The zero-order valence-electron chi connectivity index (χ0n) is 14.5. The predicted molar refractivity (Wildman–Crippen MR) is 94.2 cm³/mol. The minimum Gasteiger partial charge on any atom is -0.491 e. The van der Waals surface area contributed by atoms with Crippen LogP contribution >= 0.6 is 0 Å². The van der Waals surface area contributed by atoms with Gasteiger partial charge >= 0.3 is 6.61 Å². The zero-order valence-corrected chi connectivity index (χ0v) is 15.3. The summed E-state index contributed by atoms with van der Waals surface area (Å²) in [5.74, 6) is 0.354. The molecule has 0 aromatic heterocycles. The first-order valence-electron chi connectivity index (χ1n) is 8.07. The molecule has 1 N–H and O–H groups in total. The van der Waals surface area contributed by atoms with E-state index in [0.29, 0.717) is 6.42 Å². The van der Waals surface area contributed by atoms with Crippen molar-refractivity contribution < 1.29 is 26.7 Å². The molecule has 0 amide bonds. The van der Waals surface area contributed by atoms with Gasteiger partial charge in [-0.05, 0) is 50.1 Å². The summed E-state index contributed by atoms with van der Waals surface area (Å²) in [7, 11) is -3.96. The van der Waals surface area contributed by atoms with Crippen molar-refractivity contribution >= 4 is 10.0 Å². The van der Waals surface area contributed by atoms with Gasteiger partial charge in [0.1, 0.15) is 16.4 Å². The Balaban J connectivity index is 1.98. The number of para-hydroxylation sites is 1. The summed E-state index contributed by atoms with van der Waals surface area (Å²) in [5.41, 5.74) is 0.918. The number of rotatable bonds is 9. The lowest BCUT2D eigenvalue weighted by molar-refractivity contribution is -0.0517. The number of alkyl halides is 2. The Hall–Kier alpha value is -2.19. The first-order valence-corrected chi connectivity index (χ1v) is 9.55. The molecule has 0 fully saturated rings. The van der Waals surface area contributed by atoms with Gasteiger partial charge in [0.25, 0.3) is 0 Å². The Kier molecular flexibility index (Phi) is 6.93. The molecule has 0 atom stereocenters. The van der Waals surface area contributed by atoms with E-state index in [1.54, 1.807) is 0 Å². The third-order valence-electron chi connectivity index (χ3n) is 3.36. The van der Waals surface area contributed by atoms with Gasteiger partial charge in [-0.15, -0.1) is 0 Å². The summed E-state index contributed by atoms with van der Waals surface area (Å²) in [4.78, 5) is -0.319. The summed E-state index contributed by atoms with van der Waals surface area (Å²) in [6.45, 7) is 0.879. The van der Waals surface area contributed by atoms with Gasteiger partial charge < -0.3 is 9.47 Å². The SMILES string of the molecule is CC(C)Oc1ccc(CCNS(=O)(=O)c2ccccc2OC(F)F)cc1. The van der Waals surface area contributed by atoms with Crippen LogP contribution in [0.15, 0.2) is 53.4 Å². The highest BCUT2D eigenvalue weighted by Gasteiger charge is 2.20. The van der Waals surface area contributed by atoms with Crippen LogP contribution in [0.2, 0.25) is 0 Å². The molecule has 2 aromatic rings. The van der Waals surface area contributed by atoms with Crippen molar-refractivity contribution in [1.82, 2.24) is 4.72 Å². The number of nitrogens with one attached hydrogen (secondary N) is 1. The molecule has 2 rings (SSSR count). The van der Waals surface area contributed by atoms with Crippen molar-refractivity contribution in [1.29, 1.82) is 0 Å². The summed E-state index contributed by atoms with van der Waals surface area (Å²) >= 11 is 0. The minimum atomic E-state index is -3.96. The molecule has 0 aliphatic heterocycles. The van der Waals surface area contributed by atoms with Crippen LogP contribution in [0.1, 0.15) is 19.4 Å². The second kappa shape index (κ2) is 8.95. The summed E-state index contributed by atoms with van der Waals surface area (Å²) in [6.07, 6.45) is 0.516. The van der Waals surface area contributed by atoms with Crippen LogP contribution in [0.4, 0.5) is 8.78 Å². The second-order valence-electron chi connectivity index (χ2n) is 5.78. The van der Waals surface area contributed by atoms with E-state index in [0.717, 1.165) is 11.3 Å². The molecule has 142 valence electrons. The summed E-state index contributed by atoms with van der Waals surface area (Å²) in [5, 5.41) is 0. The average molecular weight is 385 g/mol. The molecule has 0 radical (unpaired) electrons. The molecule has 8 heteroatoms. The van der Waals surface area contributed by atoms with Crippen LogP contribution in [0, 0.1) is 0 Å². The normalized spacial score (nSPS) is 11.8. The summed E-state index contributed by atoms with van der Waals surface area (Å²) < 4.78 is 61.8. The molecule has 0 saturated carbocycles. The van der Waals surface area contributed by atoms with E-state index in [9.17, 15) is 17.2 Å². The fraction of sp³-hybridized carbons (Fsp3) is 0.333. The third kappa shape index (κ3) is 5.96. The van der Waals surface area contributed by atoms with Crippen LogP contribution < -0.4 is 14.2 Å². The molecule has 0 spiro atoms. The predicted octanol–water partition coefficient (Wildman–Crippen LogP) is 3.60. The van der Waals surface area contributed by atoms with Gasteiger partial charge in [-0.3, -0.25) is 0 Å². The van der Waals surface area contributed by atoms with Crippen molar-refractivity contribution in [3.05, 3.63) is 54.1 Å². The van der Waals surface area contributed by atoms with Crippen LogP contribution in [0.3, 0.4) is 0 Å². The number of hydrogen-bond acceptors (Lipinski definition) is 4. The van der Waals surface area contributed by atoms with Crippen molar-refractivity contribution in [3.63, 3.8) is 0 Å². The molecule has 0 unspecified atom stereocenters. The van der Waals surface area contributed by atoms with Crippen LogP contribution in [0.5, 0.6) is 11.5 Å². The molecule has 2 aromatic carbocycles. The Morgan fingerprint density at radius 3 is 2.27 bits per heavy atom. The Bertz CT molecular complexity index is 808. The van der Waals surface area contributed by atoms with Crippen molar-refractivity contribution in [2.45, 2.75) is 37.9 Å². The van der Waals surface area contributed by atoms with Crippen LogP contribution in [0.25, 0.3) is 0 Å². The highest BCUT2D eigenvalue weighted by atomic mass is 32.2. The first-order chi connectivity index (χ1) is 12.3. The average Bonchev–Trinajstić information content (AvgIpc) is 2.55. The largest absolute Gasteiger partial charge is 0.491 e. The lowest BCUT2D eigenvalue weighted by atomic mass is 10.1. The quantitative estimate of drug-likeness (QED) is 0.716. The number of hydrogen-bond donors (Lipinski definition) is 1. The molecular formula is C18H21F2NO4S. The number of ether oxygens (including phenoxy) is 2. The van der Waals surface area contributed by atoms with Gasteiger partial charge in [-0.25, -0.2) is 13.1 Å². The highest BCUT2D eigenvalue weighted by molar-refractivity contribution is 7.89. The smallest absolute Gasteiger partial charge is 0.387 e. The van der Waals surface area contributed by atoms with Gasteiger partial charge in [-0.2, -0.15) is 8.78 Å². The molecule has 26 heavy (non-hydrogen) atoms. The van der Waals surface area contributed by atoms with E-state index < -0.39 is 16.6 Å². The molecule has 5 nitrogen and oxygen atoms in total. The van der Waals surface area contributed by atoms with Gasteiger partial charge in [0, 0.05) is 6.54 Å². The number of sulfonamides is 1. The standard InChI is InChI=1S/C18H21F2NO4S/c1-13(2)24-15-9-7-14(8-10-15)11-12-21-26(22,23)17-6-4-3-5-16(17)25-18(19)20/h3-10,13,18,21H,11-12H2,1-2H3. The van der Waals surface area contributed by atoms with Crippen LogP contribution in [-0.2, 0) is 16.4 Å². The molecule has 0 heterocycles. The highest BCUT2D eigenvalue weighted by Crippen LogP contribution is 2.24. The molecular weight excluding hydrogens is 364 g/mol. The van der Waals surface area contributed by atoms with Gasteiger partial charge in [-0.1, -0.05) is 24.3 Å². The second-order valence-corrected chi connectivity index (χ2v) is 7.52. The Morgan fingerprint density at radius 2 is 1.65 bits per heavy atom. The maximum atomic E-state index is 12.4. The van der Waals surface area contributed by atoms with Gasteiger partial charge in [0.05, 0.1) is 6.10 Å². The third-order valence-corrected chi connectivity index (χ3v) is 4.86. The van der Waals surface area contributed by atoms with E-state index in [-0.39, 0.29) is 23.3 Å². The summed E-state index contributed by atoms with van der Waals surface area (Å²) in [6, 6.07) is 12.6. The van der Waals surface area contributed by atoms with E-state index in [1.165, 1.54) is 24.3 Å². The lowest BCUT2D eigenvalue weighted by Crippen LogP contribution is -2.26. The van der Waals surface area contributed by atoms with E-state index in [2.05, 4.69) is 9.46 Å². The molecule has 0 saturated heterocycles. The maximum Gasteiger partial charge on any atom is 0.387 e. The lowest BCUT2D eigenvalue weighted by Gasteiger charge is -2.12. The van der Waals surface area contributed by atoms with E-state index in [1.807, 2.05) is 38.1 Å². The fourth-order valence-corrected chi connectivity index (χ4v) is 3.44. The number of benzene rings is 2. The van der Waals surface area contributed by atoms with E-state index >= 15 is 0 Å². The van der Waals surface area contributed by atoms with Gasteiger partial charge in [0.2, 0.25) is 10.0 Å². The minimum absolute atomic E-state index is 0.0724. The Labute approximate surface area is 152 Å². The monoisotopic (exact) mass is 385 g/mol. The first kappa shape index (κ1) is 20.1. The molecule has 0 aliphatic carbocycles. The zero-order chi connectivity index (χ0) is 19.2. The van der Waals surface area contributed by atoms with Crippen LogP contribution in [-0.4, -0.2) is 27.7 Å². The molecule has 0 aliphatic rings. The van der Waals surface area contributed by atoms with E-state index in [4.69, 9.17) is 4.74 Å². The maximum absolute atomic E-state index is 12.4. The fourth-order valence-electron chi connectivity index (χ4n) is 2.28. The Morgan fingerprint density at radius 1 is 1.00 bits per heavy atom. The van der Waals surface area contributed by atoms with Crippen molar-refractivity contribution in [3.8, 4) is 11.5 Å².